The van der Waals surface area contributed by atoms with E-state index in [1.165, 1.54) is 0 Å². The first kappa shape index (κ1) is 25.3. The maximum absolute atomic E-state index is 14.8. The van der Waals surface area contributed by atoms with Crippen molar-refractivity contribution in [3.05, 3.63) is 35.8 Å². The Morgan fingerprint density at radius 2 is 1.97 bits per heavy atom. The van der Waals surface area contributed by atoms with E-state index >= 15 is 0 Å². The Balaban J connectivity index is 1.44. The van der Waals surface area contributed by atoms with E-state index in [1.807, 2.05) is 13.1 Å². The molecule has 6 bridgehead atoms. The van der Waals surface area contributed by atoms with E-state index in [0.717, 1.165) is 38.1 Å². The van der Waals surface area contributed by atoms with Crippen LogP contribution in [0.1, 0.15) is 24.5 Å². The van der Waals surface area contributed by atoms with Crippen LogP contribution in [0.25, 0.3) is 0 Å². The van der Waals surface area contributed by atoms with Crippen LogP contribution in [0.15, 0.2) is 24.4 Å². The summed E-state index contributed by atoms with van der Waals surface area (Å²) in [6.07, 6.45) is 0.529. The number of aliphatic hydroxyl groups is 1. The Morgan fingerprint density at radius 3 is 2.71 bits per heavy atom. The molecule has 0 spiro atoms. The minimum atomic E-state index is -3.79. The number of nitrogens with zero attached hydrogens (tertiary/aromatic N) is 4. The van der Waals surface area contributed by atoms with Gasteiger partial charge in [-0.05, 0) is 49.9 Å². The lowest BCUT2D eigenvalue weighted by Gasteiger charge is -2.37. The molecule has 4 aliphatic rings. The van der Waals surface area contributed by atoms with Crippen LogP contribution < -0.4 is 21.3 Å². The summed E-state index contributed by atoms with van der Waals surface area (Å²) in [5.74, 6) is -3.06. The van der Waals surface area contributed by atoms with Crippen molar-refractivity contribution < 1.29 is 22.7 Å². The fourth-order valence-corrected chi connectivity index (χ4v) is 9.02. The highest BCUT2D eigenvalue weighted by Crippen LogP contribution is 2.52. The topological polar surface area (TPSA) is 154 Å². The van der Waals surface area contributed by atoms with Crippen molar-refractivity contribution in [1.82, 2.24) is 14.9 Å². The van der Waals surface area contributed by atoms with E-state index < -0.39 is 56.5 Å². The number of nitrogens with two attached hydrogens (primary N) is 1. The maximum atomic E-state index is 14.8. The molecule has 5 N–H and O–H groups in total. The zero-order valence-corrected chi connectivity index (χ0v) is 21.9. The molecule has 11 nitrogen and oxygen atoms in total. The molecule has 2 aromatic rings. The predicted octanol–water partition coefficient (Wildman–Crippen LogP) is 0.863. The van der Waals surface area contributed by atoms with E-state index in [1.54, 1.807) is 12.1 Å². The van der Waals surface area contributed by atoms with Crippen LogP contribution in [0.4, 0.5) is 27.5 Å². The number of hydrogen-bond acceptors (Lipinski definition) is 10. The number of fused-ring (bicyclic) bond motifs is 5. The molecule has 3 fully saturated rings. The third-order valence-electron chi connectivity index (χ3n) is 8.66. The monoisotopic (exact) mass is 545 g/mol. The number of carbonyl (C=O) groups is 1. The minimum absolute atomic E-state index is 0.117. The number of primary amides is 1. The Morgan fingerprint density at radius 1 is 1.21 bits per heavy atom. The molecule has 2 aliphatic heterocycles. The second-order valence-electron chi connectivity index (χ2n) is 11.0. The summed E-state index contributed by atoms with van der Waals surface area (Å²) in [7, 11) is -1.74. The smallest absolute Gasteiger partial charge is 0.229 e. The SMILES string of the molecule is CN1CCN(c2ccc3cc2C(O)CS(=O)(=O)[C@@H]2C[C@H]4C[C@H]2[C@@H](Nc2nc(ncc2F)N3)[C@H]4C(N)=O)CC1. The van der Waals surface area contributed by atoms with E-state index in [2.05, 4.69) is 30.4 Å². The summed E-state index contributed by atoms with van der Waals surface area (Å²) in [6, 6.07) is 4.68. The zero-order chi connectivity index (χ0) is 26.8. The van der Waals surface area contributed by atoms with Crippen LogP contribution in [0, 0.1) is 23.6 Å². The number of halogens is 1. The van der Waals surface area contributed by atoms with Crippen LogP contribution in [0.2, 0.25) is 0 Å². The number of amides is 1. The highest BCUT2D eigenvalue weighted by Gasteiger charge is 2.58. The van der Waals surface area contributed by atoms with E-state index in [9.17, 15) is 22.7 Å². The molecule has 13 heteroatoms. The van der Waals surface area contributed by atoms with Gasteiger partial charge in [0, 0.05) is 49.2 Å². The highest BCUT2D eigenvalue weighted by molar-refractivity contribution is 7.92. The van der Waals surface area contributed by atoms with Gasteiger partial charge in [-0.1, -0.05) is 0 Å². The first-order valence-electron chi connectivity index (χ1n) is 12.9. The lowest BCUT2D eigenvalue weighted by atomic mass is 9.83. The Labute approximate surface area is 220 Å². The van der Waals surface area contributed by atoms with Crippen molar-refractivity contribution in [3.63, 3.8) is 0 Å². The number of rotatable bonds is 2. The van der Waals surface area contributed by atoms with Gasteiger partial charge in [-0.3, -0.25) is 4.79 Å². The summed E-state index contributed by atoms with van der Waals surface area (Å²) >= 11 is 0. The second-order valence-corrected chi connectivity index (χ2v) is 13.2. The number of aromatic nitrogens is 2. The second kappa shape index (κ2) is 9.31. The van der Waals surface area contributed by atoms with Crippen LogP contribution in [0.5, 0.6) is 0 Å². The number of aliphatic hydroxyl groups excluding tert-OH is 1. The molecule has 38 heavy (non-hydrogen) atoms. The van der Waals surface area contributed by atoms with Gasteiger partial charge in [-0.25, -0.2) is 17.8 Å². The number of carbonyl (C=O) groups excluding carboxylic acids is 1. The molecule has 3 heterocycles. The summed E-state index contributed by atoms with van der Waals surface area (Å²) in [4.78, 5) is 25.1. The fraction of sp³-hybridized carbons (Fsp3) is 0.560. The number of benzene rings is 1. The van der Waals surface area contributed by atoms with Crippen LogP contribution in [-0.4, -0.2) is 84.6 Å². The summed E-state index contributed by atoms with van der Waals surface area (Å²) in [6.45, 7) is 3.18. The van der Waals surface area contributed by atoms with Gasteiger partial charge >= 0.3 is 0 Å². The third-order valence-corrected chi connectivity index (χ3v) is 10.9. The number of sulfone groups is 1. The van der Waals surface area contributed by atoms with Crippen LogP contribution in [0.3, 0.4) is 0 Å². The van der Waals surface area contributed by atoms with Gasteiger partial charge in [0.1, 0.15) is 0 Å². The van der Waals surface area contributed by atoms with E-state index in [0.29, 0.717) is 17.7 Å². The zero-order valence-electron chi connectivity index (χ0n) is 21.0. The summed E-state index contributed by atoms with van der Waals surface area (Å²) in [5, 5.41) is 16.6. The molecule has 2 saturated carbocycles. The van der Waals surface area contributed by atoms with Gasteiger partial charge in [-0.15, -0.1) is 0 Å². The average Bonchev–Trinajstić information content (AvgIpc) is 3.45. The van der Waals surface area contributed by atoms with Crippen LogP contribution >= 0.6 is 0 Å². The number of piperazine rings is 1. The predicted molar refractivity (Wildman–Crippen MR) is 140 cm³/mol. The Bertz CT molecular complexity index is 1370. The van der Waals surface area contributed by atoms with Crippen molar-refractivity contribution >= 4 is 38.9 Å². The van der Waals surface area contributed by atoms with Crippen molar-refractivity contribution in [3.8, 4) is 0 Å². The number of nitrogens with one attached hydrogen (secondary N) is 2. The lowest BCUT2D eigenvalue weighted by Crippen LogP contribution is -2.49. The van der Waals surface area contributed by atoms with Gasteiger partial charge in [-0.2, -0.15) is 4.98 Å². The van der Waals surface area contributed by atoms with E-state index in [4.69, 9.17) is 5.73 Å². The molecule has 6 rings (SSSR count). The summed E-state index contributed by atoms with van der Waals surface area (Å²) < 4.78 is 42.3. The molecule has 1 unspecified atom stereocenters. The Hall–Kier alpha value is -3.03. The molecule has 2 aliphatic carbocycles. The molecule has 1 aromatic carbocycles. The summed E-state index contributed by atoms with van der Waals surface area (Å²) in [5.41, 5.74) is 7.51. The number of likely N-dealkylation sites (N-methyl/N-ethyl adjacent to an activating group) is 1. The van der Waals surface area contributed by atoms with Gasteiger partial charge in [0.25, 0.3) is 0 Å². The van der Waals surface area contributed by atoms with E-state index in [-0.39, 0.29) is 24.1 Å². The molecular weight excluding hydrogens is 513 g/mol. The standard InChI is InChI=1S/C25H32FN7O4S/c1-32-4-6-33(7-5-32)18-3-2-14-10-15(18)19(34)12-38(36,37)20-9-13-8-16(20)22(21(13)23(27)35)30-24-17(26)11-28-25(29-14)31-24/h2-3,10-11,13,16,19-22,34H,4-9,12H2,1H3,(H2,27,35)(H2,28,29,30,31)/t13-,16-,19?,20-,21+,22-/m1/s1. The first-order chi connectivity index (χ1) is 18.1. The highest BCUT2D eigenvalue weighted by atomic mass is 32.2. The van der Waals surface area contributed by atoms with Gasteiger partial charge in [0.05, 0.1) is 29.2 Å². The number of hydrogen-bond donors (Lipinski definition) is 4. The lowest BCUT2D eigenvalue weighted by molar-refractivity contribution is -0.123. The fourth-order valence-electron chi connectivity index (χ4n) is 6.80. The quantitative estimate of drug-likeness (QED) is 0.427. The Kier molecular flexibility index (Phi) is 6.19. The molecule has 6 atom stereocenters. The molecule has 1 aromatic heterocycles. The van der Waals surface area contributed by atoms with Crippen molar-refractivity contribution in [1.29, 1.82) is 0 Å². The third kappa shape index (κ3) is 4.35. The molecular formula is C25H32FN7O4S. The molecule has 1 amide bonds. The van der Waals surface area contributed by atoms with Gasteiger partial charge < -0.3 is 31.3 Å². The molecule has 204 valence electrons. The van der Waals surface area contributed by atoms with Crippen molar-refractivity contribution in [2.24, 2.45) is 23.5 Å². The maximum Gasteiger partial charge on any atom is 0.229 e. The van der Waals surface area contributed by atoms with Gasteiger partial charge in [0.15, 0.2) is 21.5 Å². The average molecular weight is 546 g/mol. The van der Waals surface area contributed by atoms with Crippen LogP contribution in [-0.2, 0) is 14.6 Å². The van der Waals surface area contributed by atoms with Crippen molar-refractivity contribution in [2.75, 3.05) is 54.5 Å². The number of anilines is 4. The first-order valence-corrected chi connectivity index (χ1v) is 14.6. The molecule has 1 saturated heterocycles. The van der Waals surface area contributed by atoms with Crippen molar-refractivity contribution in [2.45, 2.75) is 30.2 Å². The normalized spacial score (nSPS) is 32.2. The molecule has 0 radical (unpaired) electrons. The van der Waals surface area contributed by atoms with Gasteiger partial charge in [0.2, 0.25) is 11.9 Å². The minimum Gasteiger partial charge on any atom is -0.387 e. The largest absolute Gasteiger partial charge is 0.387 e.